The summed E-state index contributed by atoms with van der Waals surface area (Å²) < 4.78 is 21.2. The van der Waals surface area contributed by atoms with Gasteiger partial charge in [-0.3, -0.25) is 14.3 Å². The minimum Gasteiger partial charge on any atom is -0.379 e. The lowest BCUT2D eigenvalue weighted by Gasteiger charge is -2.27. The fourth-order valence-corrected chi connectivity index (χ4v) is 4.63. The third-order valence-corrected chi connectivity index (χ3v) is 6.80. The number of rotatable bonds is 4. The Morgan fingerprint density at radius 2 is 1.79 bits per heavy atom. The maximum atomic E-state index is 14.4. The molecule has 0 radical (unpaired) electrons. The summed E-state index contributed by atoms with van der Waals surface area (Å²) in [6, 6.07) is 14.7. The van der Waals surface area contributed by atoms with E-state index in [1.165, 1.54) is 16.7 Å². The lowest BCUT2D eigenvalue weighted by atomic mass is 10.1. The molecule has 174 valence electrons. The largest absolute Gasteiger partial charge is 0.379 e. The smallest absolute Gasteiger partial charge is 0.266 e. The van der Waals surface area contributed by atoms with Crippen LogP contribution in [0.5, 0.6) is 0 Å². The van der Waals surface area contributed by atoms with Gasteiger partial charge in [-0.2, -0.15) is 0 Å². The van der Waals surface area contributed by atoms with E-state index in [0.29, 0.717) is 52.0 Å². The van der Waals surface area contributed by atoms with E-state index in [2.05, 4.69) is 4.90 Å². The van der Waals surface area contributed by atoms with Crippen molar-refractivity contribution in [1.82, 2.24) is 14.5 Å². The van der Waals surface area contributed by atoms with Crippen molar-refractivity contribution in [2.75, 3.05) is 26.3 Å². The van der Waals surface area contributed by atoms with E-state index in [-0.39, 0.29) is 16.4 Å². The average Bonchev–Trinajstić information content (AvgIpc) is 2.83. The van der Waals surface area contributed by atoms with Gasteiger partial charge < -0.3 is 4.74 Å². The molecule has 5 rings (SSSR count). The van der Waals surface area contributed by atoms with E-state index in [9.17, 15) is 9.18 Å². The third-order valence-electron chi connectivity index (χ3n) is 5.81. The zero-order chi connectivity index (χ0) is 23.8. The van der Waals surface area contributed by atoms with Gasteiger partial charge >= 0.3 is 0 Å². The first-order valence-corrected chi connectivity index (χ1v) is 11.8. The first kappa shape index (κ1) is 23.3. The number of halogens is 4. The van der Waals surface area contributed by atoms with E-state index < -0.39 is 5.82 Å². The van der Waals surface area contributed by atoms with Crippen LogP contribution in [0.2, 0.25) is 15.1 Å². The highest BCUT2D eigenvalue weighted by Gasteiger charge is 2.20. The summed E-state index contributed by atoms with van der Waals surface area (Å²) in [7, 11) is 0. The first-order chi connectivity index (χ1) is 16.4. The Balaban J connectivity index is 1.73. The van der Waals surface area contributed by atoms with Crippen LogP contribution in [0.4, 0.5) is 4.39 Å². The normalized spacial score (nSPS) is 14.6. The van der Waals surface area contributed by atoms with Crippen LogP contribution in [-0.2, 0) is 11.3 Å². The Bertz CT molecular complexity index is 1450. The highest BCUT2D eigenvalue weighted by molar-refractivity contribution is 6.34. The Kier molecular flexibility index (Phi) is 6.60. The minimum atomic E-state index is -0.639. The standard InChI is InChI=1S/C25H19Cl3FN3O2/c26-16-4-6-18-22(12-16)30-24(32(25(18)33)17-5-7-20(27)21(29)13-17)19-3-1-2-15(23(19)28)14-31-8-10-34-11-9-31/h1-7,12-13H,8-11,14H2. The number of morpholine rings is 1. The zero-order valence-corrected chi connectivity index (χ0v) is 20.2. The summed E-state index contributed by atoms with van der Waals surface area (Å²) in [5.74, 6) is -0.351. The summed E-state index contributed by atoms with van der Waals surface area (Å²) in [6.07, 6.45) is 0. The molecule has 9 heteroatoms. The summed E-state index contributed by atoms with van der Waals surface area (Å²) in [4.78, 5) is 20.6. The van der Waals surface area contributed by atoms with Gasteiger partial charge in [-0.15, -0.1) is 0 Å². The molecule has 1 aliphatic heterocycles. The second-order valence-corrected chi connectivity index (χ2v) is 9.22. The van der Waals surface area contributed by atoms with Gasteiger partial charge in [0.25, 0.3) is 5.56 Å². The number of nitrogens with zero attached hydrogens (tertiary/aromatic N) is 3. The summed E-state index contributed by atoms with van der Waals surface area (Å²) >= 11 is 18.9. The van der Waals surface area contributed by atoms with Gasteiger partial charge in [0.05, 0.1) is 39.8 Å². The fraction of sp³-hybridized carbons (Fsp3) is 0.200. The molecular formula is C25H19Cl3FN3O2. The maximum absolute atomic E-state index is 14.4. The molecule has 0 aliphatic carbocycles. The van der Waals surface area contributed by atoms with Gasteiger partial charge in [0.1, 0.15) is 11.6 Å². The molecule has 1 aromatic heterocycles. The van der Waals surface area contributed by atoms with E-state index in [4.69, 9.17) is 44.5 Å². The molecule has 3 aromatic carbocycles. The molecule has 0 amide bonds. The van der Waals surface area contributed by atoms with Gasteiger partial charge in [-0.05, 0) is 48.0 Å². The minimum absolute atomic E-state index is 0.0376. The number of fused-ring (bicyclic) bond motifs is 1. The molecule has 0 bridgehead atoms. The predicted octanol–water partition coefficient (Wildman–Crippen LogP) is 5.98. The molecule has 0 atom stereocenters. The quantitative estimate of drug-likeness (QED) is 0.333. The van der Waals surface area contributed by atoms with Crippen LogP contribution < -0.4 is 5.56 Å². The van der Waals surface area contributed by atoms with E-state index in [1.54, 1.807) is 30.3 Å². The van der Waals surface area contributed by atoms with E-state index >= 15 is 0 Å². The number of hydrogen-bond donors (Lipinski definition) is 0. The Morgan fingerprint density at radius 3 is 2.56 bits per heavy atom. The fourth-order valence-electron chi connectivity index (χ4n) is 4.08. The highest BCUT2D eigenvalue weighted by Crippen LogP contribution is 2.33. The predicted molar refractivity (Wildman–Crippen MR) is 134 cm³/mol. The number of aromatic nitrogens is 2. The van der Waals surface area contributed by atoms with Crippen LogP contribution in [0, 0.1) is 5.82 Å². The maximum Gasteiger partial charge on any atom is 0.266 e. The third kappa shape index (κ3) is 4.44. The van der Waals surface area contributed by atoms with Crippen LogP contribution >= 0.6 is 34.8 Å². The molecule has 0 unspecified atom stereocenters. The SMILES string of the molecule is O=c1c2ccc(Cl)cc2nc(-c2cccc(CN3CCOCC3)c2Cl)n1-c1ccc(Cl)c(F)c1. The van der Waals surface area contributed by atoms with Crippen molar-refractivity contribution in [2.45, 2.75) is 6.54 Å². The van der Waals surface area contributed by atoms with E-state index in [1.807, 2.05) is 12.1 Å². The van der Waals surface area contributed by atoms with Crippen molar-refractivity contribution in [3.8, 4) is 17.1 Å². The van der Waals surface area contributed by atoms with Crippen molar-refractivity contribution in [3.63, 3.8) is 0 Å². The first-order valence-electron chi connectivity index (χ1n) is 10.7. The molecule has 1 saturated heterocycles. The summed E-state index contributed by atoms with van der Waals surface area (Å²) in [5, 5.41) is 1.24. The Hall–Kier alpha value is -2.48. The van der Waals surface area contributed by atoms with E-state index in [0.717, 1.165) is 18.7 Å². The molecule has 0 spiro atoms. The number of ether oxygens (including phenoxy) is 1. The molecular weight excluding hydrogens is 500 g/mol. The summed E-state index contributed by atoms with van der Waals surface area (Å²) in [5.41, 5.74) is 1.80. The van der Waals surface area contributed by atoms with Gasteiger partial charge in [-0.1, -0.05) is 46.9 Å². The van der Waals surface area contributed by atoms with Crippen LogP contribution in [-0.4, -0.2) is 40.8 Å². The van der Waals surface area contributed by atoms with Crippen LogP contribution in [0.15, 0.2) is 59.4 Å². The summed E-state index contributed by atoms with van der Waals surface area (Å²) in [6.45, 7) is 3.59. The Labute approximate surface area is 210 Å². The van der Waals surface area contributed by atoms with Gasteiger partial charge in [0.2, 0.25) is 0 Å². The van der Waals surface area contributed by atoms with Crippen molar-refractivity contribution in [1.29, 1.82) is 0 Å². The van der Waals surface area contributed by atoms with Crippen molar-refractivity contribution < 1.29 is 9.13 Å². The van der Waals surface area contributed by atoms with Crippen molar-refractivity contribution in [2.24, 2.45) is 0 Å². The van der Waals surface area contributed by atoms with Gasteiger partial charge in [0.15, 0.2) is 0 Å². The molecule has 2 heterocycles. The van der Waals surface area contributed by atoms with Gasteiger partial charge in [0, 0.05) is 30.2 Å². The van der Waals surface area contributed by atoms with Crippen LogP contribution in [0.25, 0.3) is 28.0 Å². The molecule has 34 heavy (non-hydrogen) atoms. The van der Waals surface area contributed by atoms with Crippen molar-refractivity contribution >= 4 is 45.7 Å². The lowest BCUT2D eigenvalue weighted by Crippen LogP contribution is -2.35. The molecule has 1 fully saturated rings. The molecule has 0 N–H and O–H groups in total. The lowest BCUT2D eigenvalue weighted by molar-refractivity contribution is 0.0342. The highest BCUT2D eigenvalue weighted by atomic mass is 35.5. The van der Waals surface area contributed by atoms with Crippen molar-refractivity contribution in [3.05, 3.63) is 91.4 Å². The van der Waals surface area contributed by atoms with Crippen LogP contribution in [0.1, 0.15) is 5.56 Å². The Morgan fingerprint density at radius 1 is 1.00 bits per heavy atom. The monoisotopic (exact) mass is 517 g/mol. The molecule has 5 nitrogen and oxygen atoms in total. The number of benzene rings is 3. The van der Waals surface area contributed by atoms with Crippen LogP contribution in [0.3, 0.4) is 0 Å². The average molecular weight is 519 g/mol. The second-order valence-electron chi connectivity index (χ2n) is 8.00. The van der Waals surface area contributed by atoms with Gasteiger partial charge in [-0.25, -0.2) is 9.37 Å². The second kappa shape index (κ2) is 9.64. The topological polar surface area (TPSA) is 47.4 Å². The molecule has 1 aliphatic rings. The number of hydrogen-bond acceptors (Lipinski definition) is 4. The zero-order valence-electron chi connectivity index (χ0n) is 17.9. The molecule has 4 aromatic rings. The molecule has 0 saturated carbocycles.